The van der Waals surface area contributed by atoms with Crippen LogP contribution >= 0.6 is 0 Å². The van der Waals surface area contributed by atoms with Crippen molar-refractivity contribution in [1.29, 1.82) is 0 Å². The number of aromatic hydroxyl groups is 1. The van der Waals surface area contributed by atoms with E-state index in [0.29, 0.717) is 6.54 Å². The molecule has 0 aliphatic carbocycles. The molecule has 2 atom stereocenters. The number of carbonyl (C=O) groups is 2. The van der Waals surface area contributed by atoms with Crippen LogP contribution in [0.25, 0.3) is 0 Å². The maximum absolute atomic E-state index is 12.6. The zero-order valence-electron chi connectivity index (χ0n) is 14.3. The van der Waals surface area contributed by atoms with Crippen molar-refractivity contribution in [2.45, 2.75) is 44.7 Å². The molecular formula is C19H23N3O3. The van der Waals surface area contributed by atoms with Crippen LogP contribution in [0.3, 0.4) is 0 Å². The standard InChI is InChI=1S/C19H23N3O3/c1-2-4-16-17(14-5-7-15(23)8-6-14)18(24)19(25)22(16)11-3-10-21-12-9-20-13-21/h5-9,12-13,16-17,23H,2-4,10-11H2,1H3. The Hall–Kier alpha value is -2.63. The van der Waals surface area contributed by atoms with Crippen molar-refractivity contribution < 1.29 is 14.7 Å². The molecule has 1 amide bonds. The minimum atomic E-state index is -0.443. The molecule has 1 aliphatic rings. The third-order valence-electron chi connectivity index (χ3n) is 4.75. The number of aryl methyl sites for hydroxylation is 1. The van der Waals surface area contributed by atoms with Crippen molar-refractivity contribution in [3.8, 4) is 5.75 Å². The maximum atomic E-state index is 12.6. The quantitative estimate of drug-likeness (QED) is 0.785. The zero-order valence-corrected chi connectivity index (χ0v) is 14.3. The first-order chi connectivity index (χ1) is 12.1. The highest BCUT2D eigenvalue weighted by atomic mass is 16.3. The summed E-state index contributed by atoms with van der Waals surface area (Å²) in [5, 5.41) is 9.48. The van der Waals surface area contributed by atoms with Crippen LogP contribution < -0.4 is 0 Å². The van der Waals surface area contributed by atoms with Gasteiger partial charge >= 0.3 is 0 Å². The predicted molar refractivity (Wildman–Crippen MR) is 93.1 cm³/mol. The molecular weight excluding hydrogens is 318 g/mol. The number of likely N-dealkylation sites (tertiary alicyclic amines) is 1. The summed E-state index contributed by atoms with van der Waals surface area (Å²) in [4.78, 5) is 30.9. The predicted octanol–water partition coefficient (Wildman–Crippen LogP) is 2.34. The molecule has 2 heterocycles. The second-order valence-corrected chi connectivity index (χ2v) is 6.44. The van der Waals surface area contributed by atoms with Gasteiger partial charge in [-0.1, -0.05) is 25.5 Å². The van der Waals surface area contributed by atoms with Crippen molar-refractivity contribution in [2.24, 2.45) is 0 Å². The van der Waals surface area contributed by atoms with Crippen molar-refractivity contribution in [3.63, 3.8) is 0 Å². The molecule has 0 radical (unpaired) electrons. The fourth-order valence-corrected chi connectivity index (χ4v) is 3.56. The van der Waals surface area contributed by atoms with Crippen LogP contribution in [0.4, 0.5) is 0 Å². The Morgan fingerprint density at radius 2 is 1.92 bits per heavy atom. The normalized spacial score (nSPS) is 20.4. The van der Waals surface area contributed by atoms with Gasteiger partial charge in [-0.3, -0.25) is 9.59 Å². The summed E-state index contributed by atoms with van der Waals surface area (Å²) in [5.74, 6) is -1.01. The van der Waals surface area contributed by atoms with E-state index in [1.165, 1.54) is 0 Å². The number of phenols is 1. The number of rotatable bonds is 7. The first-order valence-corrected chi connectivity index (χ1v) is 8.71. The third kappa shape index (κ3) is 3.57. The second kappa shape index (κ2) is 7.51. The highest BCUT2D eigenvalue weighted by Gasteiger charge is 2.46. The molecule has 132 valence electrons. The number of Topliss-reactive ketones (excluding diaryl/α,β-unsaturated/α-hetero) is 1. The van der Waals surface area contributed by atoms with Crippen molar-refractivity contribution in [3.05, 3.63) is 48.5 Å². The maximum Gasteiger partial charge on any atom is 0.290 e. The topological polar surface area (TPSA) is 75.4 Å². The number of benzene rings is 1. The number of hydrogen-bond donors (Lipinski definition) is 1. The molecule has 0 saturated carbocycles. The Kier molecular flexibility index (Phi) is 5.16. The van der Waals surface area contributed by atoms with E-state index in [-0.39, 0.29) is 23.5 Å². The van der Waals surface area contributed by atoms with Crippen LogP contribution in [-0.4, -0.2) is 43.8 Å². The number of amides is 1. The fraction of sp³-hybridized carbons (Fsp3) is 0.421. The molecule has 6 heteroatoms. The summed E-state index contributed by atoms with van der Waals surface area (Å²) < 4.78 is 1.97. The Bertz CT molecular complexity index is 725. The van der Waals surface area contributed by atoms with Crippen LogP contribution in [-0.2, 0) is 16.1 Å². The Labute approximate surface area is 147 Å². The zero-order chi connectivity index (χ0) is 17.8. The molecule has 1 fully saturated rings. The second-order valence-electron chi connectivity index (χ2n) is 6.44. The SMILES string of the molecule is CCCC1C(c2ccc(O)cc2)C(=O)C(=O)N1CCCn1ccnc1. The van der Waals surface area contributed by atoms with Gasteiger partial charge in [0.05, 0.1) is 12.2 Å². The minimum absolute atomic E-state index is 0.114. The van der Waals surface area contributed by atoms with Gasteiger partial charge in [-0.25, -0.2) is 4.98 Å². The molecule has 2 aromatic rings. The van der Waals surface area contributed by atoms with Gasteiger partial charge < -0.3 is 14.6 Å². The molecule has 1 saturated heterocycles. The molecule has 1 aromatic heterocycles. The van der Waals surface area contributed by atoms with Gasteiger partial charge in [0.2, 0.25) is 5.78 Å². The molecule has 1 aliphatic heterocycles. The Morgan fingerprint density at radius 1 is 1.16 bits per heavy atom. The Balaban J connectivity index is 1.76. The van der Waals surface area contributed by atoms with Crippen LogP contribution in [0.5, 0.6) is 5.75 Å². The highest BCUT2D eigenvalue weighted by molar-refractivity contribution is 6.40. The van der Waals surface area contributed by atoms with Crippen LogP contribution in [0.15, 0.2) is 43.0 Å². The van der Waals surface area contributed by atoms with Gasteiger partial charge in [-0.05, 0) is 30.5 Å². The summed E-state index contributed by atoms with van der Waals surface area (Å²) in [7, 11) is 0. The Morgan fingerprint density at radius 3 is 2.56 bits per heavy atom. The number of imidazole rings is 1. The smallest absolute Gasteiger partial charge is 0.290 e. The molecule has 2 unspecified atom stereocenters. The van der Waals surface area contributed by atoms with Gasteiger partial charge in [0.15, 0.2) is 0 Å². The van der Waals surface area contributed by atoms with Crippen molar-refractivity contribution in [1.82, 2.24) is 14.5 Å². The van der Waals surface area contributed by atoms with Crippen molar-refractivity contribution in [2.75, 3.05) is 6.54 Å². The first kappa shape index (κ1) is 17.2. The van der Waals surface area contributed by atoms with E-state index >= 15 is 0 Å². The van der Waals surface area contributed by atoms with Crippen LogP contribution in [0.2, 0.25) is 0 Å². The van der Waals surface area contributed by atoms with E-state index in [1.807, 2.05) is 10.8 Å². The molecule has 1 N–H and O–H groups in total. The number of aromatic nitrogens is 2. The number of ketones is 1. The number of nitrogens with zero attached hydrogens (tertiary/aromatic N) is 3. The summed E-state index contributed by atoms with van der Waals surface area (Å²) in [5.41, 5.74) is 0.798. The lowest BCUT2D eigenvalue weighted by atomic mass is 9.88. The first-order valence-electron chi connectivity index (χ1n) is 8.71. The van der Waals surface area contributed by atoms with Gasteiger partial charge in [0.25, 0.3) is 5.91 Å². The molecule has 0 spiro atoms. The van der Waals surface area contributed by atoms with Crippen LogP contribution in [0, 0.1) is 0 Å². The average Bonchev–Trinajstić information content (AvgIpc) is 3.19. The van der Waals surface area contributed by atoms with E-state index in [0.717, 1.165) is 31.4 Å². The molecule has 25 heavy (non-hydrogen) atoms. The van der Waals surface area contributed by atoms with E-state index in [4.69, 9.17) is 0 Å². The summed E-state index contributed by atoms with van der Waals surface area (Å²) in [6.45, 7) is 3.38. The number of phenolic OH excluding ortho intramolecular Hbond substituents is 1. The number of hydrogen-bond acceptors (Lipinski definition) is 4. The van der Waals surface area contributed by atoms with Crippen LogP contribution in [0.1, 0.15) is 37.7 Å². The highest BCUT2D eigenvalue weighted by Crippen LogP contribution is 2.35. The molecule has 1 aromatic carbocycles. The molecule has 6 nitrogen and oxygen atoms in total. The lowest BCUT2D eigenvalue weighted by Crippen LogP contribution is -2.36. The van der Waals surface area contributed by atoms with E-state index in [1.54, 1.807) is 41.7 Å². The minimum Gasteiger partial charge on any atom is -0.508 e. The average molecular weight is 341 g/mol. The fourth-order valence-electron chi connectivity index (χ4n) is 3.56. The van der Waals surface area contributed by atoms with Crippen molar-refractivity contribution >= 4 is 11.7 Å². The van der Waals surface area contributed by atoms with E-state index in [2.05, 4.69) is 11.9 Å². The van der Waals surface area contributed by atoms with E-state index in [9.17, 15) is 14.7 Å². The third-order valence-corrected chi connectivity index (χ3v) is 4.75. The molecule has 3 rings (SSSR count). The number of carbonyl (C=O) groups excluding carboxylic acids is 2. The van der Waals surface area contributed by atoms with Gasteiger partial charge in [0, 0.05) is 31.5 Å². The van der Waals surface area contributed by atoms with Gasteiger partial charge in [-0.2, -0.15) is 0 Å². The van der Waals surface area contributed by atoms with Gasteiger partial charge in [0.1, 0.15) is 5.75 Å². The lowest BCUT2D eigenvalue weighted by Gasteiger charge is -2.27. The largest absolute Gasteiger partial charge is 0.508 e. The monoisotopic (exact) mass is 341 g/mol. The van der Waals surface area contributed by atoms with Gasteiger partial charge in [-0.15, -0.1) is 0 Å². The summed E-state index contributed by atoms with van der Waals surface area (Å²) in [6.07, 6.45) is 7.83. The molecule has 0 bridgehead atoms. The van der Waals surface area contributed by atoms with E-state index < -0.39 is 5.92 Å². The summed E-state index contributed by atoms with van der Waals surface area (Å²) >= 11 is 0. The summed E-state index contributed by atoms with van der Waals surface area (Å²) in [6, 6.07) is 6.50. The lowest BCUT2D eigenvalue weighted by molar-refractivity contribution is -0.140.